The van der Waals surface area contributed by atoms with Crippen LogP contribution in [0.15, 0.2) is 18.5 Å². The quantitative estimate of drug-likeness (QED) is 0.795. The summed E-state index contributed by atoms with van der Waals surface area (Å²) in [5.41, 5.74) is -0.309. The van der Waals surface area contributed by atoms with E-state index in [1.165, 1.54) is 0 Å². The maximum Gasteiger partial charge on any atom is 0.257 e. The molecule has 0 aliphatic rings. The third kappa shape index (κ3) is 4.12. The highest BCUT2D eigenvalue weighted by atomic mass is 16.5. The number of rotatable bonds is 7. The lowest BCUT2D eigenvalue weighted by atomic mass is 10.1. The maximum atomic E-state index is 5.37. The van der Waals surface area contributed by atoms with Crippen LogP contribution in [-0.4, -0.2) is 50.5 Å². The van der Waals surface area contributed by atoms with E-state index in [0.29, 0.717) is 24.4 Å². The molecule has 8 nitrogen and oxygen atoms in total. The van der Waals surface area contributed by atoms with Gasteiger partial charge in [-0.1, -0.05) is 0 Å². The van der Waals surface area contributed by atoms with E-state index in [1.54, 1.807) is 24.2 Å². The maximum absolute atomic E-state index is 5.37. The van der Waals surface area contributed by atoms with Gasteiger partial charge in [0.15, 0.2) is 0 Å². The van der Waals surface area contributed by atoms with Crippen LogP contribution < -0.4 is 10.6 Å². The van der Waals surface area contributed by atoms with Gasteiger partial charge in [-0.25, -0.2) is 4.68 Å². The first-order chi connectivity index (χ1) is 10.0. The zero-order valence-electron chi connectivity index (χ0n) is 12.8. The summed E-state index contributed by atoms with van der Waals surface area (Å²) in [4.78, 5) is 13.0. The summed E-state index contributed by atoms with van der Waals surface area (Å²) in [6.07, 6.45) is 3.46. The Kier molecular flexibility index (Phi) is 4.69. The van der Waals surface area contributed by atoms with E-state index in [9.17, 15) is 0 Å². The SMILES string of the molecule is CCNc1nc(NCC(C)(C)OC)nc(-n2cccn2)n1. The molecule has 0 amide bonds. The Morgan fingerprint density at radius 1 is 1.19 bits per heavy atom. The molecule has 21 heavy (non-hydrogen) atoms. The summed E-state index contributed by atoms with van der Waals surface area (Å²) < 4.78 is 6.97. The molecule has 8 heteroatoms. The van der Waals surface area contributed by atoms with Crippen LogP contribution in [0.2, 0.25) is 0 Å². The lowest BCUT2D eigenvalue weighted by molar-refractivity contribution is 0.0342. The first-order valence-corrected chi connectivity index (χ1v) is 6.83. The number of nitrogens with one attached hydrogen (secondary N) is 2. The van der Waals surface area contributed by atoms with Crippen molar-refractivity contribution < 1.29 is 4.74 Å². The van der Waals surface area contributed by atoms with Crippen LogP contribution in [0.25, 0.3) is 5.95 Å². The second-order valence-corrected chi connectivity index (χ2v) is 5.08. The summed E-state index contributed by atoms with van der Waals surface area (Å²) in [7, 11) is 1.67. The fourth-order valence-electron chi connectivity index (χ4n) is 1.53. The molecule has 114 valence electrons. The van der Waals surface area contributed by atoms with Crippen LogP contribution in [-0.2, 0) is 4.74 Å². The first kappa shape index (κ1) is 15.2. The minimum atomic E-state index is -0.309. The van der Waals surface area contributed by atoms with Crippen molar-refractivity contribution >= 4 is 11.9 Å². The molecule has 0 aromatic carbocycles. The van der Waals surface area contributed by atoms with Crippen LogP contribution in [0.5, 0.6) is 0 Å². The molecule has 0 saturated carbocycles. The lowest BCUT2D eigenvalue weighted by Gasteiger charge is -2.23. The van der Waals surface area contributed by atoms with Crippen molar-refractivity contribution in [2.45, 2.75) is 26.4 Å². The van der Waals surface area contributed by atoms with E-state index < -0.39 is 0 Å². The molecule has 0 bridgehead atoms. The number of methoxy groups -OCH3 is 1. The fourth-order valence-corrected chi connectivity index (χ4v) is 1.53. The van der Waals surface area contributed by atoms with Crippen molar-refractivity contribution in [1.82, 2.24) is 24.7 Å². The molecule has 0 aliphatic heterocycles. The lowest BCUT2D eigenvalue weighted by Crippen LogP contribution is -2.32. The summed E-state index contributed by atoms with van der Waals surface area (Å²) >= 11 is 0. The highest BCUT2D eigenvalue weighted by molar-refractivity contribution is 5.37. The molecule has 0 aliphatic carbocycles. The van der Waals surface area contributed by atoms with E-state index in [-0.39, 0.29) is 5.60 Å². The fraction of sp³-hybridized carbons (Fsp3) is 0.538. The smallest absolute Gasteiger partial charge is 0.257 e. The van der Waals surface area contributed by atoms with Gasteiger partial charge in [0.1, 0.15) is 0 Å². The van der Waals surface area contributed by atoms with E-state index >= 15 is 0 Å². The zero-order chi connectivity index (χ0) is 15.3. The minimum absolute atomic E-state index is 0.309. The van der Waals surface area contributed by atoms with Crippen molar-refractivity contribution in [1.29, 1.82) is 0 Å². The molecule has 2 aromatic rings. The summed E-state index contributed by atoms with van der Waals surface area (Å²) in [6, 6.07) is 1.82. The normalized spacial score (nSPS) is 11.4. The topological polar surface area (TPSA) is 89.8 Å². The van der Waals surface area contributed by atoms with Gasteiger partial charge in [-0.05, 0) is 26.8 Å². The second-order valence-electron chi connectivity index (χ2n) is 5.08. The molecular weight excluding hydrogens is 270 g/mol. The monoisotopic (exact) mass is 291 g/mol. The van der Waals surface area contributed by atoms with Crippen molar-refractivity contribution in [3.8, 4) is 5.95 Å². The minimum Gasteiger partial charge on any atom is -0.377 e. The van der Waals surface area contributed by atoms with E-state index in [0.717, 1.165) is 6.54 Å². The molecule has 0 radical (unpaired) electrons. The molecule has 2 rings (SSSR count). The van der Waals surface area contributed by atoms with Gasteiger partial charge in [-0.15, -0.1) is 0 Å². The molecule has 0 spiro atoms. The molecule has 0 saturated heterocycles. The van der Waals surface area contributed by atoms with Crippen molar-refractivity contribution in [3.63, 3.8) is 0 Å². The number of nitrogens with zero attached hydrogens (tertiary/aromatic N) is 5. The van der Waals surface area contributed by atoms with Gasteiger partial charge in [0.05, 0.1) is 5.60 Å². The molecule has 2 aromatic heterocycles. The number of aromatic nitrogens is 5. The Bertz CT molecular complexity index is 568. The van der Waals surface area contributed by atoms with Crippen molar-refractivity contribution in [2.24, 2.45) is 0 Å². The summed E-state index contributed by atoms with van der Waals surface area (Å²) in [5, 5.41) is 10.4. The standard InChI is InChI=1S/C13H21N7O/c1-5-14-10-17-11(15-9-13(2,3)21-4)19-12(18-10)20-8-6-7-16-20/h6-8H,5,9H2,1-4H3,(H2,14,15,17,18,19). The van der Waals surface area contributed by atoms with Gasteiger partial charge in [-0.2, -0.15) is 20.1 Å². The third-order valence-electron chi connectivity index (χ3n) is 2.89. The molecule has 2 heterocycles. The number of anilines is 2. The second kappa shape index (κ2) is 6.49. The molecule has 0 atom stereocenters. The summed E-state index contributed by atoms with van der Waals surface area (Å²) in [6.45, 7) is 7.27. The molecule has 2 N–H and O–H groups in total. The largest absolute Gasteiger partial charge is 0.377 e. The van der Waals surface area contributed by atoms with Crippen molar-refractivity contribution in [3.05, 3.63) is 18.5 Å². The van der Waals surface area contributed by atoms with Gasteiger partial charge in [0.2, 0.25) is 11.9 Å². The predicted octanol–water partition coefficient (Wildman–Crippen LogP) is 1.33. The predicted molar refractivity (Wildman–Crippen MR) is 80.7 cm³/mol. The zero-order valence-corrected chi connectivity index (χ0v) is 12.8. The Labute approximate surface area is 124 Å². The van der Waals surface area contributed by atoms with Crippen LogP contribution in [0, 0.1) is 0 Å². The Morgan fingerprint density at radius 2 is 1.90 bits per heavy atom. The van der Waals surface area contributed by atoms with Gasteiger partial charge in [-0.3, -0.25) is 0 Å². The highest BCUT2D eigenvalue weighted by Crippen LogP contribution is 2.12. The number of ether oxygens (including phenoxy) is 1. The van der Waals surface area contributed by atoms with E-state index in [4.69, 9.17) is 4.74 Å². The van der Waals surface area contributed by atoms with Gasteiger partial charge in [0.25, 0.3) is 5.95 Å². The average Bonchev–Trinajstić information content (AvgIpc) is 3.00. The highest BCUT2D eigenvalue weighted by Gasteiger charge is 2.17. The van der Waals surface area contributed by atoms with E-state index in [1.807, 2.05) is 26.8 Å². The number of hydrogen-bond donors (Lipinski definition) is 2. The van der Waals surface area contributed by atoms with Gasteiger partial charge >= 0.3 is 0 Å². The average molecular weight is 291 g/mol. The molecule has 0 unspecified atom stereocenters. The van der Waals surface area contributed by atoms with Gasteiger partial charge < -0.3 is 15.4 Å². The van der Waals surface area contributed by atoms with Crippen LogP contribution in [0.4, 0.5) is 11.9 Å². The molecular formula is C13H21N7O. The Balaban J connectivity index is 2.24. The van der Waals surface area contributed by atoms with Crippen molar-refractivity contribution in [2.75, 3.05) is 30.8 Å². The van der Waals surface area contributed by atoms with Crippen LogP contribution in [0.3, 0.4) is 0 Å². The molecule has 0 fully saturated rings. The first-order valence-electron chi connectivity index (χ1n) is 6.83. The van der Waals surface area contributed by atoms with E-state index in [2.05, 4.69) is 30.7 Å². The summed E-state index contributed by atoms with van der Waals surface area (Å²) in [5.74, 6) is 1.45. The number of hydrogen-bond acceptors (Lipinski definition) is 7. The van der Waals surface area contributed by atoms with Gasteiger partial charge in [0, 0.05) is 32.6 Å². The Hall–Kier alpha value is -2.22. The third-order valence-corrected chi connectivity index (χ3v) is 2.89. The Morgan fingerprint density at radius 3 is 2.48 bits per heavy atom. The van der Waals surface area contributed by atoms with Crippen LogP contribution in [0.1, 0.15) is 20.8 Å². The van der Waals surface area contributed by atoms with Crippen LogP contribution >= 0.6 is 0 Å².